The molecule has 0 aromatic rings. The second-order valence-corrected chi connectivity index (χ2v) is 7.35. The van der Waals surface area contributed by atoms with Gasteiger partial charge in [0, 0.05) is 25.7 Å². The van der Waals surface area contributed by atoms with Crippen LogP contribution in [0.4, 0.5) is 4.79 Å². The van der Waals surface area contributed by atoms with Gasteiger partial charge >= 0.3 is 6.09 Å². The first-order valence-electron chi connectivity index (χ1n) is 8.32. The quantitative estimate of drug-likeness (QED) is 0.800. The first kappa shape index (κ1) is 17.1. The summed E-state index contributed by atoms with van der Waals surface area (Å²) < 4.78 is 5.46. The van der Waals surface area contributed by atoms with Crippen molar-refractivity contribution in [1.29, 1.82) is 0 Å². The van der Waals surface area contributed by atoms with Crippen LogP contribution in [0.1, 0.15) is 52.9 Å². The number of carbonyl (C=O) groups excluding carboxylic acids is 2. The molecule has 6 nitrogen and oxygen atoms in total. The van der Waals surface area contributed by atoms with E-state index >= 15 is 0 Å². The molecule has 1 atom stereocenters. The van der Waals surface area contributed by atoms with E-state index in [1.807, 2.05) is 25.7 Å². The van der Waals surface area contributed by atoms with Gasteiger partial charge in [0.2, 0.25) is 5.91 Å². The monoisotopic (exact) mass is 311 g/mol. The minimum Gasteiger partial charge on any atom is -0.444 e. The Balaban J connectivity index is 2.02. The standard InChI is InChI=1S/C16H29N3O3/c1-16(2,3)22-15(21)19-9-5-4-6-13(19)14(20)18-10-7-12(17)8-11-18/h12-13H,4-11,17H2,1-3H3/t13-/m0/s1. The summed E-state index contributed by atoms with van der Waals surface area (Å²) in [5, 5.41) is 0. The molecular formula is C16H29N3O3. The summed E-state index contributed by atoms with van der Waals surface area (Å²) in [6.07, 6.45) is 3.92. The number of nitrogens with two attached hydrogens (primary N) is 1. The minimum atomic E-state index is -0.542. The van der Waals surface area contributed by atoms with Gasteiger partial charge in [0.05, 0.1) is 0 Å². The van der Waals surface area contributed by atoms with Crippen LogP contribution in [0.15, 0.2) is 0 Å². The molecule has 0 bridgehead atoms. The Morgan fingerprint density at radius 2 is 1.68 bits per heavy atom. The molecule has 0 aromatic heterocycles. The molecule has 6 heteroatoms. The van der Waals surface area contributed by atoms with Crippen LogP contribution in [0.2, 0.25) is 0 Å². The lowest BCUT2D eigenvalue weighted by Gasteiger charge is -2.39. The van der Waals surface area contributed by atoms with Crippen molar-refractivity contribution in [3.05, 3.63) is 0 Å². The average Bonchev–Trinajstić information content (AvgIpc) is 2.45. The largest absolute Gasteiger partial charge is 0.444 e. The number of hydrogen-bond acceptors (Lipinski definition) is 4. The van der Waals surface area contributed by atoms with Crippen LogP contribution in [0, 0.1) is 0 Å². The van der Waals surface area contributed by atoms with Crippen LogP contribution in [0.3, 0.4) is 0 Å². The summed E-state index contributed by atoms with van der Waals surface area (Å²) in [6.45, 7) is 7.52. The fraction of sp³-hybridized carbons (Fsp3) is 0.875. The Kier molecular flexibility index (Phi) is 5.32. The molecule has 0 unspecified atom stereocenters. The van der Waals surface area contributed by atoms with Gasteiger partial charge < -0.3 is 15.4 Å². The molecule has 0 spiro atoms. The smallest absolute Gasteiger partial charge is 0.410 e. The zero-order chi connectivity index (χ0) is 16.3. The Hall–Kier alpha value is -1.30. The van der Waals surface area contributed by atoms with Crippen molar-refractivity contribution in [2.45, 2.75) is 70.6 Å². The van der Waals surface area contributed by atoms with Gasteiger partial charge in [-0.3, -0.25) is 9.69 Å². The van der Waals surface area contributed by atoms with Crippen molar-refractivity contribution in [2.24, 2.45) is 5.73 Å². The van der Waals surface area contributed by atoms with E-state index in [0.29, 0.717) is 19.6 Å². The Bertz CT molecular complexity index is 411. The van der Waals surface area contributed by atoms with Gasteiger partial charge in [-0.05, 0) is 52.9 Å². The number of hydrogen-bond donors (Lipinski definition) is 1. The summed E-state index contributed by atoms with van der Waals surface area (Å²) >= 11 is 0. The zero-order valence-corrected chi connectivity index (χ0v) is 14.0. The molecule has 0 aromatic carbocycles. The second kappa shape index (κ2) is 6.86. The molecule has 0 radical (unpaired) electrons. The van der Waals surface area contributed by atoms with Crippen molar-refractivity contribution >= 4 is 12.0 Å². The third-order valence-corrected chi connectivity index (χ3v) is 4.27. The Morgan fingerprint density at radius 3 is 2.27 bits per heavy atom. The lowest BCUT2D eigenvalue weighted by Crippen LogP contribution is -2.55. The van der Waals surface area contributed by atoms with Gasteiger partial charge in [0.1, 0.15) is 11.6 Å². The molecule has 0 aliphatic carbocycles. The fourth-order valence-electron chi connectivity index (χ4n) is 3.06. The summed E-state index contributed by atoms with van der Waals surface area (Å²) in [5.74, 6) is 0.0532. The van der Waals surface area contributed by atoms with Crippen molar-refractivity contribution in [3.8, 4) is 0 Å². The third-order valence-electron chi connectivity index (χ3n) is 4.27. The van der Waals surface area contributed by atoms with Gasteiger partial charge in [0.25, 0.3) is 0 Å². The van der Waals surface area contributed by atoms with E-state index in [4.69, 9.17) is 10.5 Å². The number of carbonyl (C=O) groups is 2. The number of likely N-dealkylation sites (tertiary alicyclic amines) is 2. The number of amides is 2. The van der Waals surface area contributed by atoms with Crippen LogP contribution in [0.5, 0.6) is 0 Å². The van der Waals surface area contributed by atoms with E-state index in [1.54, 1.807) is 4.90 Å². The highest BCUT2D eigenvalue weighted by Gasteiger charge is 2.37. The maximum absolute atomic E-state index is 12.8. The van der Waals surface area contributed by atoms with E-state index in [0.717, 1.165) is 32.1 Å². The van der Waals surface area contributed by atoms with Crippen molar-refractivity contribution in [1.82, 2.24) is 9.80 Å². The lowest BCUT2D eigenvalue weighted by molar-refractivity contribution is -0.139. The average molecular weight is 311 g/mol. The maximum atomic E-state index is 12.8. The summed E-state index contributed by atoms with van der Waals surface area (Å²) in [5.41, 5.74) is 5.36. The van der Waals surface area contributed by atoms with Crippen LogP contribution in [-0.4, -0.2) is 59.1 Å². The Morgan fingerprint density at radius 1 is 1.05 bits per heavy atom. The zero-order valence-electron chi connectivity index (χ0n) is 14.0. The Labute approximate surface area is 132 Å². The molecule has 2 fully saturated rings. The van der Waals surface area contributed by atoms with E-state index in [2.05, 4.69) is 0 Å². The minimum absolute atomic E-state index is 0.0532. The number of nitrogens with zero attached hydrogens (tertiary/aromatic N) is 2. The first-order chi connectivity index (χ1) is 10.3. The third kappa shape index (κ3) is 4.35. The molecule has 2 aliphatic heterocycles. The molecule has 126 valence electrons. The SMILES string of the molecule is CC(C)(C)OC(=O)N1CCCC[C@H]1C(=O)N1CCC(N)CC1. The number of rotatable bonds is 1. The van der Waals surface area contributed by atoms with Gasteiger partial charge in [-0.1, -0.05) is 0 Å². The van der Waals surface area contributed by atoms with E-state index in [-0.39, 0.29) is 24.1 Å². The van der Waals surface area contributed by atoms with Crippen molar-refractivity contribution in [3.63, 3.8) is 0 Å². The molecule has 0 saturated carbocycles. The summed E-state index contributed by atoms with van der Waals surface area (Å²) in [4.78, 5) is 28.6. The predicted octanol–water partition coefficient (Wildman–Crippen LogP) is 1.73. The second-order valence-electron chi connectivity index (χ2n) is 7.35. The van der Waals surface area contributed by atoms with E-state index in [1.165, 1.54) is 0 Å². The fourth-order valence-corrected chi connectivity index (χ4v) is 3.06. The van der Waals surface area contributed by atoms with Crippen LogP contribution < -0.4 is 5.73 Å². The highest BCUT2D eigenvalue weighted by atomic mass is 16.6. The van der Waals surface area contributed by atoms with Gasteiger partial charge in [0.15, 0.2) is 0 Å². The molecule has 22 heavy (non-hydrogen) atoms. The van der Waals surface area contributed by atoms with Crippen molar-refractivity contribution < 1.29 is 14.3 Å². The van der Waals surface area contributed by atoms with E-state index in [9.17, 15) is 9.59 Å². The molecule has 2 amide bonds. The molecule has 2 heterocycles. The lowest BCUT2D eigenvalue weighted by atomic mass is 9.99. The molecule has 2 aliphatic rings. The van der Waals surface area contributed by atoms with Crippen LogP contribution in [-0.2, 0) is 9.53 Å². The number of ether oxygens (including phenoxy) is 1. The van der Waals surface area contributed by atoms with Crippen molar-refractivity contribution in [2.75, 3.05) is 19.6 Å². The highest BCUT2D eigenvalue weighted by Crippen LogP contribution is 2.23. The number of piperidine rings is 2. The first-order valence-corrected chi connectivity index (χ1v) is 8.32. The van der Waals surface area contributed by atoms with Crippen LogP contribution in [0.25, 0.3) is 0 Å². The van der Waals surface area contributed by atoms with Crippen LogP contribution >= 0.6 is 0 Å². The highest BCUT2D eigenvalue weighted by molar-refractivity contribution is 5.86. The molecular weight excluding hydrogens is 282 g/mol. The summed E-state index contributed by atoms with van der Waals surface area (Å²) in [7, 11) is 0. The maximum Gasteiger partial charge on any atom is 0.410 e. The normalized spacial score (nSPS) is 24.3. The topological polar surface area (TPSA) is 75.9 Å². The summed E-state index contributed by atoms with van der Waals surface area (Å²) in [6, 6.07) is -0.185. The molecule has 2 saturated heterocycles. The molecule has 2 N–H and O–H groups in total. The van der Waals surface area contributed by atoms with Gasteiger partial charge in [-0.2, -0.15) is 0 Å². The van der Waals surface area contributed by atoms with Gasteiger partial charge in [-0.15, -0.1) is 0 Å². The molecule has 2 rings (SSSR count). The predicted molar refractivity (Wildman–Crippen MR) is 84.4 cm³/mol. The van der Waals surface area contributed by atoms with E-state index < -0.39 is 5.60 Å². The van der Waals surface area contributed by atoms with Gasteiger partial charge in [-0.25, -0.2) is 4.79 Å².